The molecule has 0 radical (unpaired) electrons. The standard InChI is InChI=1S/C44H80O9/c1-3-5-7-9-11-13-15-16-17-18-19-20-21-22-23-24-26-28-30-32-34-50-36-38(37-51-44-43(49)42(48)41(47)39(35-45)53-44)52-40(46)33-31-29-27-25-14-12-10-8-6-4-2/h8,10-11,13,16-17,38-39,41-45,47-49H,3-7,9,12,14-15,18-37H2,1-2H3/b10-8-,13-11-,17-16-. The number of allylic oxidation sites excluding steroid dienone is 6. The van der Waals surface area contributed by atoms with Gasteiger partial charge >= 0.3 is 5.97 Å². The second-order valence-corrected chi connectivity index (χ2v) is 14.8. The maximum atomic E-state index is 12.7. The molecule has 0 bridgehead atoms. The molecule has 1 heterocycles. The van der Waals surface area contributed by atoms with Crippen LogP contribution in [0.25, 0.3) is 0 Å². The molecule has 9 heteroatoms. The molecule has 0 saturated carbocycles. The average molecular weight is 753 g/mol. The van der Waals surface area contributed by atoms with Crippen molar-refractivity contribution in [3.05, 3.63) is 36.5 Å². The van der Waals surface area contributed by atoms with E-state index in [1.165, 1.54) is 89.9 Å². The third-order valence-electron chi connectivity index (χ3n) is 9.76. The summed E-state index contributed by atoms with van der Waals surface area (Å²) in [6.07, 6.45) is 34.6. The van der Waals surface area contributed by atoms with E-state index in [2.05, 4.69) is 50.3 Å². The topological polar surface area (TPSA) is 135 Å². The molecule has 1 fully saturated rings. The van der Waals surface area contributed by atoms with Gasteiger partial charge in [0.25, 0.3) is 0 Å². The van der Waals surface area contributed by atoms with Gasteiger partial charge < -0.3 is 39.4 Å². The molecule has 1 aliphatic rings. The number of unbranched alkanes of at least 4 members (excludes halogenated alkanes) is 19. The first-order valence-corrected chi connectivity index (χ1v) is 21.6. The van der Waals surface area contributed by atoms with Crippen LogP contribution in [0.15, 0.2) is 36.5 Å². The third-order valence-corrected chi connectivity index (χ3v) is 9.76. The number of carbonyl (C=O) groups excluding carboxylic acids is 1. The van der Waals surface area contributed by atoms with E-state index < -0.39 is 43.4 Å². The van der Waals surface area contributed by atoms with E-state index in [4.69, 9.17) is 18.9 Å². The van der Waals surface area contributed by atoms with Crippen molar-refractivity contribution in [3.8, 4) is 0 Å². The Hall–Kier alpha value is -1.59. The number of ether oxygens (including phenoxy) is 4. The lowest BCUT2D eigenvalue weighted by atomic mass is 9.99. The van der Waals surface area contributed by atoms with Crippen LogP contribution in [0.5, 0.6) is 0 Å². The molecule has 0 aromatic heterocycles. The first-order chi connectivity index (χ1) is 25.9. The van der Waals surface area contributed by atoms with Gasteiger partial charge in [-0.05, 0) is 64.2 Å². The van der Waals surface area contributed by atoms with Crippen molar-refractivity contribution in [1.29, 1.82) is 0 Å². The van der Waals surface area contributed by atoms with Gasteiger partial charge in [-0.15, -0.1) is 0 Å². The molecule has 0 aliphatic carbocycles. The number of aliphatic hydroxyl groups is 4. The van der Waals surface area contributed by atoms with Crippen LogP contribution in [0.2, 0.25) is 0 Å². The summed E-state index contributed by atoms with van der Waals surface area (Å²) in [5.41, 5.74) is 0. The Labute approximate surface area is 323 Å². The first kappa shape index (κ1) is 49.4. The second-order valence-electron chi connectivity index (χ2n) is 14.8. The van der Waals surface area contributed by atoms with Crippen molar-refractivity contribution in [2.24, 2.45) is 0 Å². The van der Waals surface area contributed by atoms with Crippen molar-refractivity contribution in [1.82, 2.24) is 0 Å². The number of rotatable bonds is 36. The fourth-order valence-corrected chi connectivity index (χ4v) is 6.35. The summed E-state index contributed by atoms with van der Waals surface area (Å²) in [5.74, 6) is -0.327. The Morgan fingerprint density at radius 1 is 0.604 bits per heavy atom. The van der Waals surface area contributed by atoms with Gasteiger partial charge in [-0.2, -0.15) is 0 Å². The summed E-state index contributed by atoms with van der Waals surface area (Å²) in [6, 6.07) is 0. The number of carbonyl (C=O) groups is 1. The van der Waals surface area contributed by atoms with Gasteiger partial charge in [0.15, 0.2) is 6.29 Å². The maximum Gasteiger partial charge on any atom is 0.306 e. The van der Waals surface area contributed by atoms with E-state index in [9.17, 15) is 25.2 Å². The van der Waals surface area contributed by atoms with Crippen LogP contribution in [0.4, 0.5) is 0 Å². The van der Waals surface area contributed by atoms with Gasteiger partial charge in [-0.25, -0.2) is 0 Å². The van der Waals surface area contributed by atoms with Gasteiger partial charge in [0, 0.05) is 13.0 Å². The fraction of sp³-hybridized carbons (Fsp3) is 0.841. The number of hydrogen-bond donors (Lipinski definition) is 4. The molecule has 53 heavy (non-hydrogen) atoms. The minimum atomic E-state index is -1.54. The van der Waals surface area contributed by atoms with Crippen LogP contribution < -0.4 is 0 Å². The highest BCUT2D eigenvalue weighted by molar-refractivity contribution is 5.69. The van der Waals surface area contributed by atoms with Crippen molar-refractivity contribution < 1.29 is 44.2 Å². The largest absolute Gasteiger partial charge is 0.457 e. The highest BCUT2D eigenvalue weighted by Gasteiger charge is 2.44. The van der Waals surface area contributed by atoms with E-state index in [1.54, 1.807) is 0 Å². The zero-order chi connectivity index (χ0) is 38.6. The molecular formula is C44H80O9. The molecule has 0 spiro atoms. The van der Waals surface area contributed by atoms with Gasteiger partial charge in [-0.3, -0.25) is 4.79 Å². The summed E-state index contributed by atoms with van der Waals surface area (Å²) in [4.78, 5) is 12.7. The van der Waals surface area contributed by atoms with Crippen LogP contribution in [0, 0.1) is 0 Å². The molecule has 310 valence electrons. The second kappa shape index (κ2) is 36.1. The summed E-state index contributed by atoms with van der Waals surface area (Å²) in [5, 5.41) is 40.0. The van der Waals surface area contributed by atoms with Crippen molar-refractivity contribution in [3.63, 3.8) is 0 Å². The van der Waals surface area contributed by atoms with E-state index in [0.29, 0.717) is 13.0 Å². The van der Waals surface area contributed by atoms with Crippen molar-refractivity contribution >= 4 is 5.97 Å². The molecule has 1 rings (SSSR count). The molecule has 9 nitrogen and oxygen atoms in total. The predicted octanol–water partition coefficient (Wildman–Crippen LogP) is 9.19. The van der Waals surface area contributed by atoms with E-state index in [1.807, 2.05) is 0 Å². The molecule has 1 saturated heterocycles. The smallest absolute Gasteiger partial charge is 0.306 e. The number of hydrogen-bond acceptors (Lipinski definition) is 9. The molecule has 6 atom stereocenters. The molecule has 0 aromatic rings. The number of aliphatic hydroxyl groups excluding tert-OH is 4. The van der Waals surface area contributed by atoms with Crippen LogP contribution in [-0.2, 0) is 23.7 Å². The Bertz CT molecular complexity index is 905. The van der Waals surface area contributed by atoms with Gasteiger partial charge in [0.2, 0.25) is 0 Å². The van der Waals surface area contributed by atoms with Crippen LogP contribution in [0.1, 0.15) is 174 Å². The minimum absolute atomic E-state index is 0.118. The van der Waals surface area contributed by atoms with Gasteiger partial charge in [-0.1, -0.05) is 140 Å². The highest BCUT2D eigenvalue weighted by atomic mass is 16.7. The highest BCUT2D eigenvalue weighted by Crippen LogP contribution is 2.22. The Balaban J connectivity index is 2.23. The first-order valence-electron chi connectivity index (χ1n) is 21.6. The summed E-state index contributed by atoms with van der Waals surface area (Å²) < 4.78 is 22.7. The number of esters is 1. The van der Waals surface area contributed by atoms with E-state index in [-0.39, 0.29) is 19.2 Å². The zero-order valence-electron chi connectivity index (χ0n) is 33.8. The van der Waals surface area contributed by atoms with E-state index >= 15 is 0 Å². The molecule has 0 aromatic carbocycles. The SMILES string of the molecule is CCC/C=C\CCCCCCCC(=O)OC(COCCCCCCCCCCCC/C=C\C/C=C\CCCCC)COC1OC(CO)C(O)C(O)C1O. The third kappa shape index (κ3) is 27.6. The maximum absolute atomic E-state index is 12.7. The Morgan fingerprint density at radius 3 is 1.72 bits per heavy atom. The zero-order valence-corrected chi connectivity index (χ0v) is 33.8. The lowest BCUT2D eigenvalue weighted by Gasteiger charge is -2.39. The molecule has 4 N–H and O–H groups in total. The Morgan fingerprint density at radius 2 is 1.13 bits per heavy atom. The van der Waals surface area contributed by atoms with Crippen molar-refractivity contribution in [2.45, 2.75) is 211 Å². The van der Waals surface area contributed by atoms with E-state index in [0.717, 1.165) is 64.2 Å². The van der Waals surface area contributed by atoms with Crippen LogP contribution in [-0.4, -0.2) is 89.6 Å². The van der Waals surface area contributed by atoms with Crippen LogP contribution >= 0.6 is 0 Å². The fourth-order valence-electron chi connectivity index (χ4n) is 6.35. The summed E-state index contributed by atoms with van der Waals surface area (Å²) >= 11 is 0. The van der Waals surface area contributed by atoms with Gasteiger partial charge in [0.1, 0.15) is 30.5 Å². The van der Waals surface area contributed by atoms with Gasteiger partial charge in [0.05, 0.1) is 19.8 Å². The van der Waals surface area contributed by atoms with Crippen LogP contribution in [0.3, 0.4) is 0 Å². The monoisotopic (exact) mass is 753 g/mol. The lowest BCUT2D eigenvalue weighted by Crippen LogP contribution is -2.59. The minimum Gasteiger partial charge on any atom is -0.457 e. The predicted molar refractivity (Wildman–Crippen MR) is 215 cm³/mol. The molecule has 6 unspecified atom stereocenters. The lowest BCUT2D eigenvalue weighted by molar-refractivity contribution is -0.305. The Kier molecular flexibility index (Phi) is 33.6. The average Bonchev–Trinajstić information content (AvgIpc) is 3.16. The van der Waals surface area contributed by atoms with Crippen molar-refractivity contribution in [2.75, 3.05) is 26.4 Å². The summed E-state index contributed by atoms with van der Waals surface area (Å²) in [7, 11) is 0. The normalized spacial score (nSPS) is 21.4. The quantitative estimate of drug-likeness (QED) is 0.0281. The molecule has 0 amide bonds. The summed E-state index contributed by atoms with van der Waals surface area (Å²) in [6.45, 7) is 4.45. The molecular weight excluding hydrogens is 672 g/mol. The molecule has 1 aliphatic heterocycles.